The van der Waals surface area contributed by atoms with Crippen molar-refractivity contribution in [2.24, 2.45) is 0 Å². The number of nitrogens with one attached hydrogen (secondary N) is 1. The first-order chi connectivity index (χ1) is 9.02. The van der Waals surface area contributed by atoms with Crippen molar-refractivity contribution in [3.8, 4) is 0 Å². The van der Waals surface area contributed by atoms with E-state index >= 15 is 0 Å². The fourth-order valence-corrected chi connectivity index (χ4v) is 3.11. The summed E-state index contributed by atoms with van der Waals surface area (Å²) in [4.78, 5) is 0. The van der Waals surface area contributed by atoms with Crippen LogP contribution in [0.1, 0.15) is 28.3 Å². The van der Waals surface area contributed by atoms with Gasteiger partial charge in [0.25, 0.3) is 0 Å². The Kier molecular flexibility index (Phi) is 4.87. The van der Waals surface area contributed by atoms with Gasteiger partial charge in [-0.3, -0.25) is 0 Å². The fraction of sp³-hybridized carbons (Fsp3) is 0.250. The van der Waals surface area contributed by atoms with Crippen LogP contribution in [-0.4, -0.2) is 7.05 Å². The normalized spacial score (nSPS) is 12.5. The topological polar surface area (TPSA) is 12.0 Å². The first kappa shape index (κ1) is 14.8. The number of hydrogen-bond acceptors (Lipinski definition) is 1. The number of aryl methyl sites for hydroxylation is 2. The molecule has 0 amide bonds. The third kappa shape index (κ3) is 3.30. The molecule has 0 spiro atoms. The molecule has 1 atom stereocenters. The van der Waals surface area contributed by atoms with Crippen molar-refractivity contribution in [3.63, 3.8) is 0 Å². The molecular formula is C16H17ClIN. The highest BCUT2D eigenvalue weighted by molar-refractivity contribution is 14.1. The van der Waals surface area contributed by atoms with Crippen molar-refractivity contribution >= 4 is 34.2 Å². The maximum atomic E-state index is 6.15. The SMILES string of the molecule is CNC(c1cc(C)ccc1C)c1cc(Cl)ccc1I. The molecule has 0 aliphatic carbocycles. The summed E-state index contributed by atoms with van der Waals surface area (Å²) < 4.78 is 1.22. The van der Waals surface area contributed by atoms with Gasteiger partial charge in [-0.1, -0.05) is 35.4 Å². The molecule has 1 nitrogen and oxygen atoms in total. The van der Waals surface area contributed by atoms with Gasteiger partial charge < -0.3 is 5.32 Å². The average molecular weight is 386 g/mol. The molecule has 19 heavy (non-hydrogen) atoms. The van der Waals surface area contributed by atoms with Crippen LogP contribution in [0.3, 0.4) is 0 Å². The Labute approximate surface area is 133 Å². The first-order valence-electron chi connectivity index (χ1n) is 6.22. The summed E-state index contributed by atoms with van der Waals surface area (Å²) in [6, 6.07) is 12.8. The van der Waals surface area contributed by atoms with Crippen molar-refractivity contribution in [1.82, 2.24) is 5.32 Å². The Morgan fingerprint density at radius 1 is 1.05 bits per heavy atom. The van der Waals surface area contributed by atoms with E-state index in [1.165, 1.54) is 25.8 Å². The lowest BCUT2D eigenvalue weighted by molar-refractivity contribution is 0.684. The van der Waals surface area contributed by atoms with Crippen molar-refractivity contribution in [1.29, 1.82) is 0 Å². The summed E-state index contributed by atoms with van der Waals surface area (Å²) in [7, 11) is 1.99. The minimum Gasteiger partial charge on any atom is -0.309 e. The van der Waals surface area contributed by atoms with Crippen molar-refractivity contribution < 1.29 is 0 Å². The molecule has 0 bridgehead atoms. The monoisotopic (exact) mass is 385 g/mol. The Hall–Kier alpha value is -0.580. The van der Waals surface area contributed by atoms with Crippen LogP contribution in [0.25, 0.3) is 0 Å². The largest absolute Gasteiger partial charge is 0.309 e. The lowest BCUT2D eigenvalue weighted by Gasteiger charge is -2.21. The Morgan fingerprint density at radius 2 is 1.79 bits per heavy atom. The number of benzene rings is 2. The van der Waals surface area contributed by atoms with Crippen molar-refractivity contribution in [2.45, 2.75) is 19.9 Å². The van der Waals surface area contributed by atoms with E-state index in [-0.39, 0.29) is 6.04 Å². The zero-order valence-corrected chi connectivity index (χ0v) is 14.2. The number of hydrogen-bond donors (Lipinski definition) is 1. The van der Waals surface area contributed by atoms with Crippen LogP contribution in [0.15, 0.2) is 36.4 Å². The van der Waals surface area contributed by atoms with Crippen LogP contribution in [-0.2, 0) is 0 Å². The molecule has 0 radical (unpaired) electrons. The molecule has 0 heterocycles. The quantitative estimate of drug-likeness (QED) is 0.743. The second-order valence-corrected chi connectivity index (χ2v) is 6.35. The molecule has 1 N–H and O–H groups in total. The molecule has 2 aromatic carbocycles. The molecule has 0 aromatic heterocycles. The van der Waals surface area contributed by atoms with Crippen LogP contribution >= 0.6 is 34.2 Å². The molecule has 0 aliphatic heterocycles. The second-order valence-electron chi connectivity index (χ2n) is 4.75. The molecule has 0 fully saturated rings. The predicted molar refractivity (Wildman–Crippen MR) is 91.0 cm³/mol. The van der Waals surface area contributed by atoms with Gasteiger partial charge >= 0.3 is 0 Å². The zero-order chi connectivity index (χ0) is 14.0. The summed E-state index contributed by atoms with van der Waals surface area (Å²) in [5.41, 5.74) is 5.10. The van der Waals surface area contributed by atoms with E-state index in [0.717, 1.165) is 5.02 Å². The van der Waals surface area contributed by atoms with Crippen LogP contribution < -0.4 is 5.32 Å². The van der Waals surface area contributed by atoms with E-state index in [2.05, 4.69) is 66.0 Å². The Bertz CT molecular complexity index is 544. The van der Waals surface area contributed by atoms with E-state index in [1.807, 2.05) is 19.2 Å². The van der Waals surface area contributed by atoms with Gasteiger partial charge in [-0.05, 0) is 78.4 Å². The second kappa shape index (κ2) is 6.25. The first-order valence-corrected chi connectivity index (χ1v) is 7.68. The lowest BCUT2D eigenvalue weighted by Crippen LogP contribution is -2.20. The summed E-state index contributed by atoms with van der Waals surface area (Å²) >= 11 is 8.51. The van der Waals surface area contributed by atoms with Gasteiger partial charge in [0.1, 0.15) is 0 Å². The smallest absolute Gasteiger partial charge is 0.0587 e. The van der Waals surface area contributed by atoms with Crippen LogP contribution in [0, 0.1) is 17.4 Å². The fourth-order valence-electron chi connectivity index (χ4n) is 2.29. The zero-order valence-electron chi connectivity index (χ0n) is 11.3. The highest BCUT2D eigenvalue weighted by Gasteiger charge is 2.17. The van der Waals surface area contributed by atoms with Gasteiger partial charge in [-0.2, -0.15) is 0 Å². The van der Waals surface area contributed by atoms with Gasteiger partial charge in [0.15, 0.2) is 0 Å². The third-order valence-corrected chi connectivity index (χ3v) is 4.52. The minimum absolute atomic E-state index is 0.172. The molecule has 1 unspecified atom stereocenters. The molecule has 100 valence electrons. The van der Waals surface area contributed by atoms with E-state index in [1.54, 1.807) is 0 Å². The van der Waals surface area contributed by atoms with Gasteiger partial charge in [0, 0.05) is 8.59 Å². The van der Waals surface area contributed by atoms with E-state index in [0.29, 0.717) is 0 Å². The molecule has 0 aliphatic rings. The van der Waals surface area contributed by atoms with Gasteiger partial charge in [0.2, 0.25) is 0 Å². The van der Waals surface area contributed by atoms with E-state index in [4.69, 9.17) is 11.6 Å². The van der Waals surface area contributed by atoms with Crippen LogP contribution in [0.5, 0.6) is 0 Å². The Morgan fingerprint density at radius 3 is 2.47 bits per heavy atom. The van der Waals surface area contributed by atoms with Gasteiger partial charge in [-0.25, -0.2) is 0 Å². The van der Waals surface area contributed by atoms with Crippen LogP contribution in [0.4, 0.5) is 0 Å². The summed E-state index contributed by atoms with van der Waals surface area (Å²) in [6.45, 7) is 4.27. The summed E-state index contributed by atoms with van der Waals surface area (Å²) in [5, 5.41) is 4.19. The molecule has 2 rings (SSSR count). The Balaban J connectivity index is 2.55. The van der Waals surface area contributed by atoms with Crippen molar-refractivity contribution in [2.75, 3.05) is 7.05 Å². The van der Waals surface area contributed by atoms with Crippen LogP contribution in [0.2, 0.25) is 5.02 Å². The molecule has 0 saturated heterocycles. The molecule has 2 aromatic rings. The molecular weight excluding hydrogens is 369 g/mol. The van der Waals surface area contributed by atoms with E-state index < -0.39 is 0 Å². The average Bonchev–Trinajstić information content (AvgIpc) is 2.38. The minimum atomic E-state index is 0.172. The van der Waals surface area contributed by atoms with Crippen molar-refractivity contribution in [3.05, 3.63) is 67.2 Å². The summed E-state index contributed by atoms with van der Waals surface area (Å²) in [5.74, 6) is 0. The highest BCUT2D eigenvalue weighted by atomic mass is 127. The lowest BCUT2D eigenvalue weighted by atomic mass is 9.94. The van der Waals surface area contributed by atoms with Gasteiger partial charge in [-0.15, -0.1) is 0 Å². The predicted octanol–water partition coefficient (Wildman–Crippen LogP) is 4.87. The third-order valence-electron chi connectivity index (χ3n) is 3.30. The molecule has 0 saturated carbocycles. The molecule has 3 heteroatoms. The maximum absolute atomic E-state index is 6.15. The summed E-state index contributed by atoms with van der Waals surface area (Å²) in [6.07, 6.45) is 0. The van der Waals surface area contributed by atoms with Gasteiger partial charge in [0.05, 0.1) is 6.04 Å². The number of rotatable bonds is 3. The maximum Gasteiger partial charge on any atom is 0.0587 e. The highest BCUT2D eigenvalue weighted by Crippen LogP contribution is 2.30. The van der Waals surface area contributed by atoms with E-state index in [9.17, 15) is 0 Å². The number of halogens is 2. The standard InChI is InChI=1S/C16H17ClIN/c1-10-4-5-11(2)13(8-10)16(19-3)14-9-12(17)6-7-15(14)18/h4-9,16,19H,1-3H3.